The number of carbonyl (C=O) groups excluding carboxylic acids is 1. The van der Waals surface area contributed by atoms with Crippen LogP contribution in [-0.2, 0) is 4.79 Å². The molecule has 5 nitrogen and oxygen atoms in total. The fourth-order valence-electron chi connectivity index (χ4n) is 3.69. The van der Waals surface area contributed by atoms with Crippen LogP contribution in [0.3, 0.4) is 0 Å². The van der Waals surface area contributed by atoms with E-state index in [1.54, 1.807) is 0 Å². The third-order valence-electron chi connectivity index (χ3n) is 4.99. The Labute approximate surface area is 177 Å². The van der Waals surface area contributed by atoms with E-state index in [1.807, 2.05) is 31.2 Å². The van der Waals surface area contributed by atoms with E-state index in [0.29, 0.717) is 29.2 Å². The van der Waals surface area contributed by atoms with Crippen molar-refractivity contribution in [3.63, 3.8) is 0 Å². The number of amides is 1. The molecule has 1 aliphatic heterocycles. The number of rotatable bonds is 6. The second-order valence-electron chi connectivity index (χ2n) is 7.05. The van der Waals surface area contributed by atoms with Crippen LogP contribution in [0.4, 0.5) is 10.1 Å². The van der Waals surface area contributed by atoms with Crippen LogP contribution in [0.1, 0.15) is 45.8 Å². The number of benzene rings is 2. The molecule has 30 heavy (non-hydrogen) atoms. The summed E-state index contributed by atoms with van der Waals surface area (Å²) in [6.07, 6.45) is 1.05. The molecule has 3 aromatic rings. The summed E-state index contributed by atoms with van der Waals surface area (Å²) in [6, 6.07) is 13.1. The molecule has 0 saturated heterocycles. The number of halogens is 1. The summed E-state index contributed by atoms with van der Waals surface area (Å²) >= 11 is 1.14. The van der Waals surface area contributed by atoms with Gasteiger partial charge in [0.25, 0.3) is 0 Å². The maximum Gasteiger partial charge on any atom is 0.346 e. The van der Waals surface area contributed by atoms with Crippen molar-refractivity contribution in [1.82, 2.24) is 0 Å². The van der Waals surface area contributed by atoms with E-state index in [-0.39, 0.29) is 23.1 Å². The van der Waals surface area contributed by atoms with Crippen LogP contribution in [0.15, 0.2) is 48.5 Å². The van der Waals surface area contributed by atoms with E-state index in [0.717, 1.165) is 28.2 Å². The molecule has 0 saturated carbocycles. The Bertz CT molecular complexity index is 1110. The van der Waals surface area contributed by atoms with Gasteiger partial charge in [-0.15, -0.1) is 11.3 Å². The average molecular weight is 425 g/mol. The Hall–Kier alpha value is -3.19. The zero-order chi connectivity index (χ0) is 21.3. The number of ether oxygens (including phenoxy) is 1. The van der Waals surface area contributed by atoms with Crippen molar-refractivity contribution < 1.29 is 23.8 Å². The number of anilines is 1. The Balaban J connectivity index is 1.89. The van der Waals surface area contributed by atoms with E-state index in [4.69, 9.17) is 4.74 Å². The van der Waals surface area contributed by atoms with Crippen molar-refractivity contribution in [2.75, 3.05) is 11.9 Å². The Morgan fingerprint density at radius 3 is 2.67 bits per heavy atom. The second kappa shape index (κ2) is 8.28. The molecule has 2 N–H and O–H groups in total. The number of carboxylic acids is 1. The largest absolute Gasteiger partial charge is 0.493 e. The van der Waals surface area contributed by atoms with E-state index in [9.17, 15) is 19.1 Å². The van der Waals surface area contributed by atoms with Gasteiger partial charge in [0, 0.05) is 28.3 Å². The van der Waals surface area contributed by atoms with Gasteiger partial charge in [-0.05, 0) is 30.2 Å². The van der Waals surface area contributed by atoms with Crippen LogP contribution in [0.2, 0.25) is 0 Å². The average Bonchev–Trinajstić information content (AvgIpc) is 3.12. The van der Waals surface area contributed by atoms with Crippen molar-refractivity contribution in [2.45, 2.75) is 25.7 Å². The fourth-order valence-corrected chi connectivity index (χ4v) is 4.93. The van der Waals surface area contributed by atoms with Gasteiger partial charge < -0.3 is 15.2 Å². The zero-order valence-electron chi connectivity index (χ0n) is 16.3. The molecule has 154 valence electrons. The minimum absolute atomic E-state index is 0.116. The molecule has 0 spiro atoms. The smallest absolute Gasteiger partial charge is 0.346 e. The summed E-state index contributed by atoms with van der Waals surface area (Å²) in [5.41, 5.74) is 2.29. The molecular weight excluding hydrogens is 405 g/mol. The number of aromatic carboxylic acids is 1. The highest BCUT2D eigenvalue weighted by atomic mass is 32.1. The summed E-state index contributed by atoms with van der Waals surface area (Å²) in [5.74, 6) is -1.32. The van der Waals surface area contributed by atoms with Gasteiger partial charge in [0.2, 0.25) is 5.91 Å². The molecule has 0 fully saturated rings. The molecule has 1 amide bonds. The standard InChI is InChI=1S/C23H20FNO4S/c1-2-11-29-17-6-4-3-5-15(17)16-12-18(26)25-20-19(13-7-9-14(24)10-8-13)22(23(27)28)30-21(16)20/h3-10,16H,2,11-12H2,1H3,(H,25,26)(H,27,28)/t16-/m0/s1. The molecule has 0 bridgehead atoms. The Morgan fingerprint density at radius 2 is 1.97 bits per heavy atom. The van der Waals surface area contributed by atoms with Gasteiger partial charge in [-0.25, -0.2) is 9.18 Å². The minimum Gasteiger partial charge on any atom is -0.493 e. The van der Waals surface area contributed by atoms with Crippen LogP contribution in [0.5, 0.6) is 5.75 Å². The molecule has 4 rings (SSSR count). The van der Waals surface area contributed by atoms with Gasteiger partial charge in [-0.2, -0.15) is 0 Å². The van der Waals surface area contributed by atoms with Gasteiger partial charge in [0.05, 0.1) is 12.3 Å². The molecule has 0 radical (unpaired) electrons. The number of hydrogen-bond acceptors (Lipinski definition) is 4. The first-order valence-corrected chi connectivity index (χ1v) is 10.5. The molecular formula is C23H20FNO4S. The topological polar surface area (TPSA) is 75.6 Å². The highest BCUT2D eigenvalue weighted by Crippen LogP contribution is 2.50. The normalized spacial score (nSPS) is 15.4. The maximum atomic E-state index is 13.4. The van der Waals surface area contributed by atoms with Gasteiger partial charge >= 0.3 is 5.97 Å². The van der Waals surface area contributed by atoms with Gasteiger partial charge in [-0.3, -0.25) is 4.79 Å². The van der Waals surface area contributed by atoms with Crippen molar-refractivity contribution in [1.29, 1.82) is 0 Å². The molecule has 0 aliphatic carbocycles. The SMILES string of the molecule is CCCOc1ccccc1[C@@H]1CC(=O)Nc2c1sc(C(=O)O)c2-c1ccc(F)cc1. The molecule has 2 aromatic carbocycles. The molecule has 1 aromatic heterocycles. The molecule has 0 unspecified atom stereocenters. The number of para-hydroxylation sites is 1. The number of fused-ring (bicyclic) bond motifs is 1. The third-order valence-corrected chi connectivity index (χ3v) is 6.28. The van der Waals surface area contributed by atoms with Crippen molar-refractivity contribution in [3.8, 4) is 16.9 Å². The molecule has 1 atom stereocenters. The highest BCUT2D eigenvalue weighted by Gasteiger charge is 2.35. The van der Waals surface area contributed by atoms with Crippen molar-refractivity contribution in [3.05, 3.63) is 69.7 Å². The Morgan fingerprint density at radius 1 is 1.23 bits per heavy atom. The number of nitrogens with one attached hydrogen (secondary N) is 1. The van der Waals surface area contributed by atoms with E-state index < -0.39 is 11.8 Å². The molecule has 1 aliphatic rings. The van der Waals surface area contributed by atoms with Crippen LogP contribution >= 0.6 is 11.3 Å². The number of hydrogen-bond donors (Lipinski definition) is 2. The summed E-state index contributed by atoms with van der Waals surface area (Å²) in [4.78, 5) is 25.5. The maximum absolute atomic E-state index is 13.4. The fraction of sp³-hybridized carbons (Fsp3) is 0.217. The van der Waals surface area contributed by atoms with Gasteiger partial charge in [0.15, 0.2) is 0 Å². The number of carboxylic acid groups (broad SMARTS) is 1. The van der Waals surface area contributed by atoms with E-state index in [1.165, 1.54) is 24.3 Å². The van der Waals surface area contributed by atoms with Gasteiger partial charge in [0.1, 0.15) is 16.4 Å². The summed E-state index contributed by atoms with van der Waals surface area (Å²) in [7, 11) is 0. The van der Waals surface area contributed by atoms with E-state index >= 15 is 0 Å². The second-order valence-corrected chi connectivity index (χ2v) is 8.10. The zero-order valence-corrected chi connectivity index (χ0v) is 17.1. The lowest BCUT2D eigenvalue weighted by atomic mass is 9.88. The first-order valence-electron chi connectivity index (χ1n) is 9.67. The monoisotopic (exact) mass is 425 g/mol. The summed E-state index contributed by atoms with van der Waals surface area (Å²) in [6.45, 7) is 2.57. The van der Waals surface area contributed by atoms with E-state index in [2.05, 4.69) is 5.32 Å². The Kier molecular flexibility index (Phi) is 5.55. The predicted octanol–water partition coefficient (Wildman–Crippen LogP) is 5.52. The van der Waals surface area contributed by atoms with Crippen molar-refractivity contribution in [2.24, 2.45) is 0 Å². The first kappa shape index (κ1) is 20.1. The molecule has 2 heterocycles. The lowest BCUT2D eigenvalue weighted by Gasteiger charge is -2.25. The lowest BCUT2D eigenvalue weighted by Crippen LogP contribution is -2.23. The minimum atomic E-state index is -1.09. The predicted molar refractivity (Wildman–Crippen MR) is 114 cm³/mol. The summed E-state index contributed by atoms with van der Waals surface area (Å²) < 4.78 is 19.3. The number of carbonyl (C=O) groups is 2. The quantitative estimate of drug-likeness (QED) is 0.546. The summed E-state index contributed by atoms with van der Waals surface area (Å²) in [5, 5.41) is 12.7. The lowest BCUT2D eigenvalue weighted by molar-refractivity contribution is -0.116. The van der Waals surface area contributed by atoms with Crippen molar-refractivity contribution >= 4 is 28.9 Å². The molecule has 7 heteroatoms. The van der Waals surface area contributed by atoms with Crippen LogP contribution in [-0.4, -0.2) is 23.6 Å². The first-order chi connectivity index (χ1) is 14.5. The third kappa shape index (κ3) is 3.68. The highest BCUT2D eigenvalue weighted by molar-refractivity contribution is 7.15. The number of thiophene rings is 1. The van der Waals surface area contributed by atoms with Crippen LogP contribution in [0.25, 0.3) is 11.1 Å². The van der Waals surface area contributed by atoms with Gasteiger partial charge in [-0.1, -0.05) is 37.3 Å². The van der Waals surface area contributed by atoms with Crippen LogP contribution in [0, 0.1) is 5.82 Å². The van der Waals surface area contributed by atoms with Crippen LogP contribution < -0.4 is 10.1 Å².